The van der Waals surface area contributed by atoms with E-state index in [-0.39, 0.29) is 18.0 Å². The van der Waals surface area contributed by atoms with E-state index in [9.17, 15) is 14.7 Å². The number of amides is 1. The standard InChI is InChI=1S/C28H31N5O5/c1-32-17-23(20-6-4-19(5-7-20)16-33-10-12-38-13-11-33)22-14-24(30-25(22)28(32)36)27(35)29-15-18-2-8-21(9-3-18)26(34)31-37/h2-9,14,17,26,30-31,34,37H,10-13,15-16H2,1H3,(H,29,35). The number of rotatable bonds is 8. The third-order valence-electron chi connectivity index (χ3n) is 6.86. The molecule has 1 atom stereocenters. The third-order valence-corrected chi connectivity index (χ3v) is 6.86. The second-order valence-electron chi connectivity index (χ2n) is 9.47. The number of benzene rings is 2. The van der Waals surface area contributed by atoms with Crippen molar-refractivity contribution in [2.75, 3.05) is 26.3 Å². The Morgan fingerprint density at radius 3 is 2.45 bits per heavy atom. The number of aromatic amines is 1. The minimum absolute atomic E-state index is 0.210. The van der Waals surface area contributed by atoms with Gasteiger partial charge in [-0.3, -0.25) is 14.5 Å². The van der Waals surface area contributed by atoms with Gasteiger partial charge in [0, 0.05) is 50.4 Å². The Balaban J connectivity index is 1.35. The molecule has 1 amide bonds. The van der Waals surface area contributed by atoms with Gasteiger partial charge in [0.1, 0.15) is 11.2 Å². The highest BCUT2D eigenvalue weighted by atomic mass is 16.5. The molecule has 5 N–H and O–H groups in total. The Bertz CT molecular complexity index is 1470. The van der Waals surface area contributed by atoms with Crippen molar-refractivity contribution in [2.45, 2.75) is 19.3 Å². The maximum absolute atomic E-state index is 12.9. The van der Waals surface area contributed by atoms with E-state index in [0.29, 0.717) is 22.2 Å². The summed E-state index contributed by atoms with van der Waals surface area (Å²) in [5, 5.41) is 22.0. The predicted molar refractivity (Wildman–Crippen MR) is 143 cm³/mol. The third kappa shape index (κ3) is 5.54. The van der Waals surface area contributed by atoms with Crippen LogP contribution in [-0.4, -0.2) is 57.0 Å². The molecule has 2 aromatic carbocycles. The second kappa shape index (κ2) is 11.3. The zero-order chi connectivity index (χ0) is 26.6. The molecule has 10 nitrogen and oxygen atoms in total. The summed E-state index contributed by atoms with van der Waals surface area (Å²) < 4.78 is 6.95. The molecule has 10 heteroatoms. The first-order chi connectivity index (χ1) is 18.4. The summed E-state index contributed by atoms with van der Waals surface area (Å²) in [7, 11) is 1.70. The number of nitrogens with zero attached hydrogens (tertiary/aromatic N) is 2. The van der Waals surface area contributed by atoms with Gasteiger partial charge in [-0.2, -0.15) is 5.48 Å². The Hall–Kier alpha value is -3.80. The van der Waals surface area contributed by atoms with Gasteiger partial charge in [-0.15, -0.1) is 0 Å². The van der Waals surface area contributed by atoms with Crippen LogP contribution in [0.3, 0.4) is 0 Å². The van der Waals surface area contributed by atoms with Crippen LogP contribution in [0.4, 0.5) is 0 Å². The summed E-state index contributed by atoms with van der Waals surface area (Å²) in [5.41, 5.74) is 6.59. The molecule has 1 aliphatic rings. The minimum atomic E-state index is -1.18. The van der Waals surface area contributed by atoms with Crippen molar-refractivity contribution < 1.29 is 19.8 Å². The van der Waals surface area contributed by atoms with Crippen molar-refractivity contribution >= 4 is 16.8 Å². The summed E-state index contributed by atoms with van der Waals surface area (Å²) in [6, 6.07) is 16.8. The highest BCUT2D eigenvalue weighted by Crippen LogP contribution is 2.28. The monoisotopic (exact) mass is 517 g/mol. The Kier molecular flexibility index (Phi) is 7.68. The van der Waals surface area contributed by atoms with Crippen LogP contribution in [0.5, 0.6) is 0 Å². The van der Waals surface area contributed by atoms with E-state index in [0.717, 1.165) is 49.5 Å². The number of ether oxygens (including phenoxy) is 1. The quantitative estimate of drug-likeness (QED) is 0.179. The normalized spacial score (nSPS) is 15.0. The highest BCUT2D eigenvalue weighted by molar-refractivity contribution is 6.02. The molecule has 0 radical (unpaired) electrons. The number of carbonyl (C=O) groups excluding carboxylic acids is 1. The molecule has 198 valence electrons. The van der Waals surface area contributed by atoms with Crippen LogP contribution in [0.2, 0.25) is 0 Å². The molecule has 1 unspecified atom stereocenters. The van der Waals surface area contributed by atoms with Crippen molar-refractivity contribution in [3.05, 3.63) is 93.5 Å². The van der Waals surface area contributed by atoms with E-state index >= 15 is 0 Å². The fourth-order valence-electron chi connectivity index (χ4n) is 4.66. The first kappa shape index (κ1) is 25.8. The second-order valence-corrected chi connectivity index (χ2v) is 9.47. The van der Waals surface area contributed by atoms with Gasteiger partial charge in [-0.1, -0.05) is 48.5 Å². The van der Waals surface area contributed by atoms with Crippen LogP contribution >= 0.6 is 0 Å². The molecule has 0 bridgehead atoms. The summed E-state index contributed by atoms with van der Waals surface area (Å²) in [6.07, 6.45) is 0.622. The van der Waals surface area contributed by atoms with Crippen LogP contribution in [0.1, 0.15) is 33.4 Å². The summed E-state index contributed by atoms with van der Waals surface area (Å²) >= 11 is 0. The first-order valence-corrected chi connectivity index (χ1v) is 12.5. The lowest BCUT2D eigenvalue weighted by Gasteiger charge is -2.26. The SMILES string of the molecule is Cn1cc(-c2ccc(CN3CCOCC3)cc2)c2cc(C(=O)NCc3ccc(C(O)NO)cc3)[nH]c2c1=O. The maximum Gasteiger partial charge on any atom is 0.274 e. The number of hydrogen-bond acceptors (Lipinski definition) is 7. The average Bonchev–Trinajstić information content (AvgIpc) is 3.41. The fourth-order valence-corrected chi connectivity index (χ4v) is 4.66. The summed E-state index contributed by atoms with van der Waals surface area (Å²) in [5.74, 6) is -0.337. The van der Waals surface area contributed by atoms with Crippen molar-refractivity contribution in [3.63, 3.8) is 0 Å². The molecule has 0 aliphatic carbocycles. The van der Waals surface area contributed by atoms with Crippen molar-refractivity contribution in [1.82, 2.24) is 25.2 Å². The van der Waals surface area contributed by atoms with E-state index in [1.807, 2.05) is 0 Å². The number of aromatic nitrogens is 2. The lowest BCUT2D eigenvalue weighted by atomic mass is 10.0. The molecular formula is C28H31N5O5. The number of hydrogen-bond donors (Lipinski definition) is 5. The number of hydroxylamine groups is 1. The number of aliphatic hydroxyl groups excluding tert-OH is 1. The Morgan fingerprint density at radius 2 is 1.76 bits per heavy atom. The number of morpholine rings is 1. The minimum Gasteiger partial charge on any atom is -0.379 e. The molecule has 1 saturated heterocycles. The van der Waals surface area contributed by atoms with Gasteiger partial charge in [-0.25, -0.2) is 0 Å². The van der Waals surface area contributed by atoms with Gasteiger partial charge in [0.05, 0.1) is 13.2 Å². The first-order valence-electron chi connectivity index (χ1n) is 12.5. The van der Waals surface area contributed by atoms with Crippen molar-refractivity contribution in [3.8, 4) is 11.1 Å². The molecule has 0 saturated carbocycles. The topological polar surface area (TPSA) is 132 Å². The van der Waals surface area contributed by atoms with Gasteiger partial charge in [-0.05, 0) is 28.3 Å². The van der Waals surface area contributed by atoms with Gasteiger partial charge in [0.2, 0.25) is 0 Å². The van der Waals surface area contributed by atoms with E-state index in [1.165, 1.54) is 10.1 Å². The summed E-state index contributed by atoms with van der Waals surface area (Å²) in [4.78, 5) is 31.2. The lowest BCUT2D eigenvalue weighted by molar-refractivity contribution is 0.000691. The number of pyridine rings is 1. The largest absolute Gasteiger partial charge is 0.379 e. The van der Waals surface area contributed by atoms with Crippen molar-refractivity contribution in [1.29, 1.82) is 0 Å². The molecule has 38 heavy (non-hydrogen) atoms. The molecule has 2 aromatic heterocycles. The number of aryl methyl sites for hydroxylation is 1. The van der Waals surface area contributed by atoms with E-state index in [4.69, 9.17) is 9.94 Å². The summed E-state index contributed by atoms with van der Waals surface area (Å²) in [6.45, 7) is 4.49. The molecule has 3 heterocycles. The number of H-pyrrole nitrogens is 1. The lowest BCUT2D eigenvalue weighted by Crippen LogP contribution is -2.35. The van der Waals surface area contributed by atoms with E-state index in [1.54, 1.807) is 49.1 Å². The van der Waals surface area contributed by atoms with Crippen LogP contribution in [0.25, 0.3) is 22.0 Å². The Labute approximate surface area is 219 Å². The van der Waals surface area contributed by atoms with Crippen LogP contribution < -0.4 is 16.4 Å². The molecule has 0 spiro atoms. The van der Waals surface area contributed by atoms with E-state index < -0.39 is 6.23 Å². The fraction of sp³-hybridized carbons (Fsp3) is 0.286. The van der Waals surface area contributed by atoms with E-state index in [2.05, 4.69) is 39.5 Å². The number of fused-ring (bicyclic) bond motifs is 1. The van der Waals surface area contributed by atoms with Gasteiger partial charge >= 0.3 is 0 Å². The van der Waals surface area contributed by atoms with Gasteiger partial charge in [0.25, 0.3) is 11.5 Å². The average molecular weight is 518 g/mol. The van der Waals surface area contributed by atoms with Gasteiger partial charge < -0.3 is 29.9 Å². The van der Waals surface area contributed by atoms with Crippen LogP contribution in [0, 0.1) is 0 Å². The number of carbonyl (C=O) groups is 1. The molecular weight excluding hydrogens is 486 g/mol. The highest BCUT2D eigenvalue weighted by Gasteiger charge is 2.17. The molecule has 4 aromatic rings. The zero-order valence-electron chi connectivity index (χ0n) is 21.1. The number of aliphatic hydroxyl groups is 1. The maximum atomic E-state index is 12.9. The smallest absolute Gasteiger partial charge is 0.274 e. The van der Waals surface area contributed by atoms with Gasteiger partial charge in [0.15, 0.2) is 6.23 Å². The van der Waals surface area contributed by atoms with Crippen LogP contribution in [0.15, 0.2) is 65.6 Å². The van der Waals surface area contributed by atoms with Crippen molar-refractivity contribution in [2.24, 2.45) is 7.05 Å². The Morgan fingerprint density at radius 1 is 1.08 bits per heavy atom. The molecule has 1 fully saturated rings. The van der Waals surface area contributed by atoms with Crippen LogP contribution in [-0.2, 0) is 24.9 Å². The number of nitrogens with one attached hydrogen (secondary N) is 3. The predicted octanol–water partition coefficient (Wildman–Crippen LogP) is 2.27. The zero-order valence-corrected chi connectivity index (χ0v) is 21.1. The molecule has 1 aliphatic heterocycles. The molecule has 5 rings (SSSR count).